The Bertz CT molecular complexity index is 1320. The van der Waals surface area contributed by atoms with Crippen molar-refractivity contribution in [3.63, 3.8) is 0 Å². The maximum absolute atomic E-state index is 12.5. The first-order valence-corrected chi connectivity index (χ1v) is 35.4. The number of allylic oxidation sites excluding steroid dienone is 7. The second kappa shape index (κ2) is 68.3. The molecule has 0 saturated carbocycles. The first-order chi connectivity index (χ1) is 39.0. The van der Waals surface area contributed by atoms with Gasteiger partial charge in [-0.2, -0.15) is 0 Å². The Kier molecular flexibility index (Phi) is 66.4. The molecule has 0 radical (unpaired) electrons. The average Bonchev–Trinajstić information content (AvgIpc) is 3.45. The Morgan fingerprint density at radius 3 is 1.01 bits per heavy atom. The fourth-order valence-corrected chi connectivity index (χ4v) is 10.9. The molecule has 0 aromatic carbocycles. The van der Waals surface area contributed by atoms with Crippen molar-refractivity contribution in [2.45, 2.75) is 392 Å². The number of aliphatic hydroxyl groups is 2. The van der Waals surface area contributed by atoms with E-state index in [4.69, 9.17) is 4.74 Å². The highest BCUT2D eigenvalue weighted by atomic mass is 16.5. The number of carbonyl (C=O) groups excluding carboxylic acids is 2. The predicted octanol–water partition coefficient (Wildman–Crippen LogP) is 22.9. The number of ether oxygens (including phenoxy) is 1. The summed E-state index contributed by atoms with van der Waals surface area (Å²) in [6.45, 7) is 4.89. The van der Waals surface area contributed by atoms with Crippen LogP contribution in [0.25, 0.3) is 0 Å². The lowest BCUT2D eigenvalue weighted by atomic mass is 10.0. The maximum Gasteiger partial charge on any atom is 0.305 e. The number of aliphatic hydroxyl groups excluding tert-OH is 2. The zero-order chi connectivity index (χ0) is 57.1. The van der Waals surface area contributed by atoms with Crippen LogP contribution in [0, 0.1) is 0 Å². The highest BCUT2D eigenvalue weighted by molar-refractivity contribution is 5.76. The molecule has 0 aliphatic rings. The van der Waals surface area contributed by atoms with Gasteiger partial charge in [-0.15, -0.1) is 0 Å². The number of hydrogen-bond donors (Lipinski definition) is 3. The molecular weight excluding hydrogens is 971 g/mol. The van der Waals surface area contributed by atoms with Gasteiger partial charge in [-0.3, -0.25) is 9.59 Å². The molecule has 3 N–H and O–H groups in total. The summed E-state index contributed by atoms with van der Waals surface area (Å²) < 4.78 is 5.48. The summed E-state index contributed by atoms with van der Waals surface area (Å²) >= 11 is 0. The summed E-state index contributed by atoms with van der Waals surface area (Å²) in [4.78, 5) is 24.6. The molecule has 0 aliphatic carbocycles. The molecule has 0 rings (SSSR count). The second-order valence-corrected chi connectivity index (χ2v) is 24.2. The van der Waals surface area contributed by atoms with Crippen molar-refractivity contribution >= 4 is 11.9 Å². The predicted molar refractivity (Wildman–Crippen MR) is 347 cm³/mol. The van der Waals surface area contributed by atoms with Gasteiger partial charge in [0.15, 0.2) is 0 Å². The quantitative estimate of drug-likeness (QED) is 0.0320. The van der Waals surface area contributed by atoms with Crippen LogP contribution in [0.5, 0.6) is 0 Å². The Morgan fingerprint density at radius 1 is 0.354 bits per heavy atom. The first kappa shape index (κ1) is 76.8. The number of amides is 1. The number of nitrogens with one attached hydrogen (secondary N) is 1. The van der Waals surface area contributed by atoms with Crippen molar-refractivity contribution in [1.82, 2.24) is 5.32 Å². The SMILES string of the molecule is CCCC/C=C\C/C=C\CCCCCCCC(=O)OCCCCCCCCCCCCCC/C=C\CCCCCCCCCCCCC(=O)NC(CO)C(O)/C=C/CCCCCCCCCCCCCCCCCCCCCC. The van der Waals surface area contributed by atoms with Crippen LogP contribution < -0.4 is 5.32 Å². The van der Waals surface area contributed by atoms with E-state index in [1.807, 2.05) is 6.08 Å². The summed E-state index contributed by atoms with van der Waals surface area (Å²) in [6.07, 6.45) is 89.0. The third-order valence-corrected chi connectivity index (χ3v) is 16.3. The Morgan fingerprint density at radius 2 is 0.646 bits per heavy atom. The smallest absolute Gasteiger partial charge is 0.305 e. The van der Waals surface area contributed by atoms with Crippen LogP contribution in [-0.2, 0) is 14.3 Å². The molecule has 0 spiro atoms. The van der Waals surface area contributed by atoms with E-state index in [9.17, 15) is 19.8 Å². The lowest BCUT2D eigenvalue weighted by Crippen LogP contribution is -2.45. The second-order valence-electron chi connectivity index (χ2n) is 24.2. The molecule has 2 unspecified atom stereocenters. The van der Waals surface area contributed by atoms with Gasteiger partial charge < -0.3 is 20.3 Å². The van der Waals surface area contributed by atoms with Gasteiger partial charge in [-0.25, -0.2) is 0 Å². The largest absolute Gasteiger partial charge is 0.466 e. The lowest BCUT2D eigenvalue weighted by Gasteiger charge is -2.20. The van der Waals surface area contributed by atoms with Crippen LogP contribution in [-0.4, -0.2) is 47.4 Å². The van der Waals surface area contributed by atoms with Crippen LogP contribution in [0.4, 0.5) is 0 Å². The molecule has 0 aromatic heterocycles. The van der Waals surface area contributed by atoms with E-state index >= 15 is 0 Å². The highest BCUT2D eigenvalue weighted by Crippen LogP contribution is 2.18. The molecule has 79 heavy (non-hydrogen) atoms. The number of hydrogen-bond acceptors (Lipinski definition) is 5. The zero-order valence-electron chi connectivity index (χ0n) is 53.1. The molecule has 1 amide bonds. The van der Waals surface area contributed by atoms with Gasteiger partial charge in [0.1, 0.15) is 0 Å². The van der Waals surface area contributed by atoms with E-state index in [0.717, 1.165) is 51.4 Å². The van der Waals surface area contributed by atoms with Crippen LogP contribution in [0.2, 0.25) is 0 Å². The fraction of sp³-hybridized carbons (Fsp3) is 0.863. The summed E-state index contributed by atoms with van der Waals surface area (Å²) in [6, 6.07) is -0.631. The van der Waals surface area contributed by atoms with Gasteiger partial charge in [-0.05, 0) is 83.5 Å². The molecule has 0 saturated heterocycles. The third kappa shape index (κ3) is 64.8. The van der Waals surface area contributed by atoms with Crippen molar-refractivity contribution in [2.75, 3.05) is 13.2 Å². The number of esters is 1. The fourth-order valence-electron chi connectivity index (χ4n) is 10.9. The van der Waals surface area contributed by atoms with Crippen molar-refractivity contribution in [2.24, 2.45) is 0 Å². The number of rotatable bonds is 66. The molecule has 0 bridgehead atoms. The van der Waals surface area contributed by atoms with Gasteiger partial charge in [0.2, 0.25) is 5.91 Å². The first-order valence-electron chi connectivity index (χ1n) is 35.4. The van der Waals surface area contributed by atoms with Crippen LogP contribution in [0.3, 0.4) is 0 Å². The van der Waals surface area contributed by atoms with E-state index in [0.29, 0.717) is 19.4 Å². The standard InChI is InChI=1S/C73H137NO5/c1-3-5-7-9-11-13-15-17-19-20-21-22-29-32-35-38-41-45-49-53-57-61-65-71(76)70(69-75)74-72(77)66-62-58-54-50-46-42-39-36-33-30-27-25-23-24-26-28-31-34-37-40-44-48-52-56-60-64-68-79-73(78)67-63-59-55-51-47-43-18-16-14-12-10-8-6-4-2/h10,12,16,18,23,25,61,65,70-71,75-76H,3-9,11,13-15,17,19-22,24,26-60,62-64,66-69H2,1-2H3,(H,74,77)/b12-10-,18-16-,25-23-,65-61+. The van der Waals surface area contributed by atoms with Gasteiger partial charge in [0, 0.05) is 12.8 Å². The average molecular weight is 1110 g/mol. The van der Waals surface area contributed by atoms with Gasteiger partial charge >= 0.3 is 5.97 Å². The van der Waals surface area contributed by atoms with Crippen molar-refractivity contribution in [3.8, 4) is 0 Å². The molecule has 6 nitrogen and oxygen atoms in total. The molecule has 0 heterocycles. The lowest BCUT2D eigenvalue weighted by molar-refractivity contribution is -0.143. The Balaban J connectivity index is 3.43. The molecule has 464 valence electrons. The molecule has 2 atom stereocenters. The summed E-state index contributed by atoms with van der Waals surface area (Å²) in [5.74, 6) is -0.0673. The van der Waals surface area contributed by atoms with Crippen molar-refractivity contribution in [3.05, 3.63) is 48.6 Å². The topological polar surface area (TPSA) is 95.9 Å². The molecule has 6 heteroatoms. The molecule has 0 fully saturated rings. The number of unbranched alkanes of at least 4 members (excludes halogenated alkanes) is 49. The molecule has 0 aliphatic heterocycles. The van der Waals surface area contributed by atoms with Crippen LogP contribution in [0.15, 0.2) is 48.6 Å². The third-order valence-electron chi connectivity index (χ3n) is 16.3. The van der Waals surface area contributed by atoms with Gasteiger partial charge in [0.25, 0.3) is 0 Å². The maximum atomic E-state index is 12.5. The van der Waals surface area contributed by atoms with E-state index in [1.54, 1.807) is 6.08 Å². The molecular formula is C73H137NO5. The summed E-state index contributed by atoms with van der Waals surface area (Å²) in [5.41, 5.74) is 0. The van der Waals surface area contributed by atoms with Crippen molar-refractivity contribution < 1.29 is 24.5 Å². The van der Waals surface area contributed by atoms with E-state index < -0.39 is 12.1 Å². The summed E-state index contributed by atoms with van der Waals surface area (Å²) in [7, 11) is 0. The highest BCUT2D eigenvalue weighted by Gasteiger charge is 2.18. The minimum atomic E-state index is -0.848. The van der Waals surface area contributed by atoms with E-state index in [-0.39, 0.29) is 18.5 Å². The monoisotopic (exact) mass is 1110 g/mol. The zero-order valence-corrected chi connectivity index (χ0v) is 53.1. The van der Waals surface area contributed by atoms with E-state index in [2.05, 4.69) is 55.6 Å². The van der Waals surface area contributed by atoms with Gasteiger partial charge in [-0.1, -0.05) is 332 Å². The van der Waals surface area contributed by atoms with Crippen LogP contribution >= 0.6 is 0 Å². The van der Waals surface area contributed by atoms with Gasteiger partial charge in [0.05, 0.1) is 25.4 Å². The Labute approximate surface area is 493 Å². The normalized spacial score (nSPS) is 12.8. The van der Waals surface area contributed by atoms with Crippen molar-refractivity contribution in [1.29, 1.82) is 0 Å². The summed E-state index contributed by atoms with van der Waals surface area (Å²) in [5, 5.41) is 23.3. The minimum absolute atomic E-state index is 0.000600. The van der Waals surface area contributed by atoms with E-state index in [1.165, 1.54) is 302 Å². The molecule has 0 aromatic rings. The Hall–Kier alpha value is -2.18. The number of carbonyl (C=O) groups is 2. The minimum Gasteiger partial charge on any atom is -0.466 e. The van der Waals surface area contributed by atoms with Crippen LogP contribution in [0.1, 0.15) is 380 Å².